The number of carbonyl (C=O) groups is 2. The molecule has 0 aliphatic carbocycles. The van der Waals surface area contributed by atoms with Crippen LogP contribution in [0.15, 0.2) is 22.7 Å². The lowest BCUT2D eigenvalue weighted by atomic mass is 10.0. The minimum Gasteiger partial charge on any atom is -0.294 e. The average Bonchev–Trinajstić information content (AvgIpc) is 2.20. The summed E-state index contributed by atoms with van der Waals surface area (Å²) in [6.07, 6.45) is -6.11. The van der Waals surface area contributed by atoms with Gasteiger partial charge >= 0.3 is 6.18 Å². The van der Waals surface area contributed by atoms with Crippen LogP contribution in [0.25, 0.3) is 0 Å². The molecule has 0 heterocycles. The molecule has 17 heavy (non-hydrogen) atoms. The number of ketones is 2. The van der Waals surface area contributed by atoms with Crippen LogP contribution in [0.4, 0.5) is 13.2 Å². The van der Waals surface area contributed by atoms with Gasteiger partial charge in [-0.1, -0.05) is 22.0 Å². The van der Waals surface area contributed by atoms with Crippen LogP contribution in [-0.2, 0) is 4.79 Å². The molecule has 0 atom stereocenters. The van der Waals surface area contributed by atoms with E-state index >= 15 is 0 Å². The second-order valence-corrected chi connectivity index (χ2v) is 4.40. The molecular weight excluding hydrogens is 301 g/mol. The van der Waals surface area contributed by atoms with E-state index in [1.807, 2.05) is 0 Å². The maximum Gasteiger partial charge on any atom is 0.450 e. The molecule has 0 saturated carbocycles. The molecule has 1 rings (SSSR count). The first-order valence-electron chi connectivity index (χ1n) is 4.61. The fourth-order valence-electron chi connectivity index (χ4n) is 1.24. The van der Waals surface area contributed by atoms with Crippen LogP contribution in [0.1, 0.15) is 22.3 Å². The van der Waals surface area contributed by atoms with Crippen LogP contribution in [0.3, 0.4) is 0 Å². The number of rotatable bonds is 3. The van der Waals surface area contributed by atoms with Crippen molar-refractivity contribution in [1.82, 2.24) is 0 Å². The van der Waals surface area contributed by atoms with Crippen molar-refractivity contribution in [1.29, 1.82) is 0 Å². The van der Waals surface area contributed by atoms with E-state index in [1.54, 1.807) is 19.1 Å². The molecule has 0 N–H and O–H groups in total. The van der Waals surface area contributed by atoms with Gasteiger partial charge in [-0.05, 0) is 24.6 Å². The fourth-order valence-corrected chi connectivity index (χ4v) is 1.60. The van der Waals surface area contributed by atoms with E-state index in [2.05, 4.69) is 15.9 Å². The van der Waals surface area contributed by atoms with Crippen LogP contribution in [0.5, 0.6) is 0 Å². The molecule has 1 aromatic rings. The molecule has 0 aliphatic rings. The first kappa shape index (κ1) is 13.9. The van der Waals surface area contributed by atoms with Gasteiger partial charge in [0.2, 0.25) is 5.78 Å². The topological polar surface area (TPSA) is 34.1 Å². The van der Waals surface area contributed by atoms with E-state index in [-0.39, 0.29) is 5.56 Å². The molecule has 0 amide bonds. The van der Waals surface area contributed by atoms with Gasteiger partial charge in [0.05, 0.1) is 6.42 Å². The minimum atomic E-state index is -4.96. The highest BCUT2D eigenvalue weighted by Crippen LogP contribution is 2.22. The largest absolute Gasteiger partial charge is 0.450 e. The van der Waals surface area contributed by atoms with E-state index in [9.17, 15) is 22.8 Å². The van der Waals surface area contributed by atoms with Gasteiger partial charge in [0.1, 0.15) is 0 Å². The van der Waals surface area contributed by atoms with Crippen molar-refractivity contribution in [3.05, 3.63) is 33.8 Å². The molecule has 0 bridgehead atoms. The summed E-state index contributed by atoms with van der Waals surface area (Å²) < 4.78 is 36.6. The highest BCUT2D eigenvalue weighted by molar-refractivity contribution is 9.10. The van der Waals surface area contributed by atoms with Crippen molar-refractivity contribution in [2.45, 2.75) is 19.5 Å². The standard InChI is InChI=1S/C11H8BrF3O2/c1-6-2-3-7(12)4-8(6)9(16)5-10(17)11(13,14)15/h2-4H,5H2,1H3. The van der Waals surface area contributed by atoms with Crippen molar-refractivity contribution in [3.8, 4) is 0 Å². The Bertz CT molecular complexity index is 466. The van der Waals surface area contributed by atoms with Crippen molar-refractivity contribution >= 4 is 27.5 Å². The molecule has 0 spiro atoms. The average molecular weight is 309 g/mol. The first-order chi connectivity index (χ1) is 7.71. The van der Waals surface area contributed by atoms with Crippen molar-refractivity contribution < 1.29 is 22.8 Å². The summed E-state index contributed by atoms with van der Waals surface area (Å²) in [7, 11) is 0. The number of hydrogen-bond acceptors (Lipinski definition) is 2. The minimum absolute atomic E-state index is 0.122. The SMILES string of the molecule is Cc1ccc(Br)cc1C(=O)CC(=O)C(F)(F)F. The van der Waals surface area contributed by atoms with E-state index in [0.29, 0.717) is 10.0 Å². The zero-order valence-electron chi connectivity index (χ0n) is 8.77. The number of Topliss-reactive ketones (excluding diaryl/α,β-unsaturated/α-hetero) is 2. The Morgan fingerprint density at radius 2 is 1.88 bits per heavy atom. The summed E-state index contributed by atoms with van der Waals surface area (Å²) in [5, 5.41) is 0. The number of halogens is 4. The van der Waals surface area contributed by atoms with Gasteiger partial charge in [0.25, 0.3) is 0 Å². The summed E-state index contributed by atoms with van der Waals surface area (Å²) >= 11 is 3.11. The quantitative estimate of drug-likeness (QED) is 0.633. The van der Waals surface area contributed by atoms with Crippen LogP contribution in [0.2, 0.25) is 0 Å². The molecule has 0 fully saturated rings. The zero-order chi connectivity index (χ0) is 13.2. The highest BCUT2D eigenvalue weighted by Gasteiger charge is 2.39. The Hall–Kier alpha value is -1.17. The van der Waals surface area contributed by atoms with Gasteiger partial charge in [-0.2, -0.15) is 13.2 Å². The maximum absolute atomic E-state index is 12.0. The zero-order valence-corrected chi connectivity index (χ0v) is 10.4. The van der Waals surface area contributed by atoms with Gasteiger partial charge in [0, 0.05) is 10.0 Å². The number of carbonyl (C=O) groups excluding carboxylic acids is 2. The lowest BCUT2D eigenvalue weighted by molar-refractivity contribution is -0.170. The number of benzene rings is 1. The van der Waals surface area contributed by atoms with Gasteiger partial charge in [-0.25, -0.2) is 0 Å². The monoisotopic (exact) mass is 308 g/mol. The molecular formula is C11H8BrF3O2. The number of alkyl halides is 3. The van der Waals surface area contributed by atoms with E-state index < -0.39 is 24.2 Å². The lowest BCUT2D eigenvalue weighted by Gasteiger charge is -2.07. The Labute approximate surface area is 104 Å². The third-order valence-electron chi connectivity index (χ3n) is 2.14. The van der Waals surface area contributed by atoms with Gasteiger partial charge in [-0.3, -0.25) is 9.59 Å². The Morgan fingerprint density at radius 3 is 2.41 bits per heavy atom. The molecule has 0 unspecified atom stereocenters. The van der Waals surface area contributed by atoms with Gasteiger partial charge in [-0.15, -0.1) is 0 Å². The molecule has 0 radical (unpaired) electrons. The van der Waals surface area contributed by atoms with E-state index in [4.69, 9.17) is 0 Å². The normalized spacial score (nSPS) is 11.4. The molecule has 92 valence electrons. The molecule has 0 aliphatic heterocycles. The van der Waals surface area contributed by atoms with Crippen molar-refractivity contribution in [2.24, 2.45) is 0 Å². The van der Waals surface area contributed by atoms with Gasteiger partial charge in [0.15, 0.2) is 5.78 Å². The lowest BCUT2D eigenvalue weighted by Crippen LogP contribution is -2.25. The molecule has 6 heteroatoms. The number of aryl methyl sites for hydroxylation is 1. The maximum atomic E-state index is 12.0. The Morgan fingerprint density at radius 1 is 1.29 bits per heavy atom. The first-order valence-corrected chi connectivity index (χ1v) is 5.40. The Balaban J connectivity index is 2.91. The smallest absolute Gasteiger partial charge is 0.294 e. The molecule has 0 aromatic heterocycles. The Kier molecular flexibility index (Phi) is 4.08. The summed E-state index contributed by atoms with van der Waals surface area (Å²) in [6.45, 7) is 1.59. The predicted molar refractivity (Wildman–Crippen MR) is 58.9 cm³/mol. The van der Waals surface area contributed by atoms with Crippen LogP contribution in [-0.4, -0.2) is 17.7 Å². The second kappa shape index (κ2) is 5.00. The second-order valence-electron chi connectivity index (χ2n) is 3.48. The van der Waals surface area contributed by atoms with E-state index in [1.165, 1.54) is 6.07 Å². The summed E-state index contributed by atoms with van der Waals surface area (Å²) in [6, 6.07) is 4.66. The van der Waals surface area contributed by atoms with Crippen LogP contribution in [0, 0.1) is 6.92 Å². The predicted octanol–water partition coefficient (Wildman–Crippen LogP) is 3.46. The third kappa shape index (κ3) is 3.66. The van der Waals surface area contributed by atoms with E-state index in [0.717, 1.165) is 0 Å². The van der Waals surface area contributed by atoms with Crippen LogP contribution < -0.4 is 0 Å². The summed E-state index contributed by atoms with van der Waals surface area (Å²) in [5.74, 6) is -2.85. The summed E-state index contributed by atoms with van der Waals surface area (Å²) in [4.78, 5) is 22.2. The molecule has 2 nitrogen and oxygen atoms in total. The fraction of sp³-hybridized carbons (Fsp3) is 0.273. The van der Waals surface area contributed by atoms with Gasteiger partial charge < -0.3 is 0 Å². The third-order valence-corrected chi connectivity index (χ3v) is 2.63. The van der Waals surface area contributed by atoms with Crippen LogP contribution >= 0.6 is 15.9 Å². The summed E-state index contributed by atoms with van der Waals surface area (Å²) in [5.41, 5.74) is 0.658. The molecule has 0 saturated heterocycles. The number of hydrogen-bond donors (Lipinski definition) is 0. The van der Waals surface area contributed by atoms with Crippen molar-refractivity contribution in [2.75, 3.05) is 0 Å². The highest BCUT2D eigenvalue weighted by atomic mass is 79.9. The van der Waals surface area contributed by atoms with Crippen molar-refractivity contribution in [3.63, 3.8) is 0 Å². The molecule has 1 aromatic carbocycles.